The fourth-order valence-corrected chi connectivity index (χ4v) is 7.78. The lowest BCUT2D eigenvalue weighted by molar-refractivity contribution is 0.135. The van der Waals surface area contributed by atoms with Crippen LogP contribution in [0.2, 0.25) is 0 Å². The van der Waals surface area contributed by atoms with Crippen LogP contribution in [0.1, 0.15) is 258 Å². The molecule has 47 heavy (non-hydrogen) atoms. The van der Waals surface area contributed by atoms with E-state index in [1.54, 1.807) is 0 Å². The van der Waals surface area contributed by atoms with E-state index in [0.29, 0.717) is 6.17 Å². The smallest absolute Gasteiger partial charge is 0.101 e. The Bertz CT molecular complexity index is 615. The van der Waals surface area contributed by atoms with Gasteiger partial charge in [-0.3, -0.25) is 0 Å². The van der Waals surface area contributed by atoms with Crippen molar-refractivity contribution in [3.63, 3.8) is 0 Å². The Morgan fingerprint density at radius 1 is 0.277 bits per heavy atom. The SMILES string of the molecule is CCCCCCCCCCCCCCCCCCN1C=CN(CCCCCCCCCCCCCCCC)C1CCCCCCCC. The maximum absolute atomic E-state index is 2.72. The van der Waals surface area contributed by atoms with Gasteiger partial charge < -0.3 is 9.80 Å². The molecule has 1 atom stereocenters. The quantitative estimate of drug-likeness (QED) is 0.0606. The second-order valence-electron chi connectivity index (χ2n) is 15.7. The Hall–Kier alpha value is -0.660. The monoisotopic (exact) mass is 659 g/mol. The number of hydrogen-bond donors (Lipinski definition) is 0. The number of rotatable bonds is 39. The van der Waals surface area contributed by atoms with Gasteiger partial charge in [0.05, 0.1) is 0 Å². The van der Waals surface area contributed by atoms with E-state index in [4.69, 9.17) is 0 Å². The molecule has 0 aromatic heterocycles. The summed E-state index contributed by atoms with van der Waals surface area (Å²) >= 11 is 0. The van der Waals surface area contributed by atoms with Crippen molar-refractivity contribution in [2.45, 2.75) is 265 Å². The minimum Gasteiger partial charge on any atom is -0.356 e. The zero-order chi connectivity index (χ0) is 33.7. The average molecular weight is 659 g/mol. The zero-order valence-corrected chi connectivity index (χ0v) is 33.2. The largest absolute Gasteiger partial charge is 0.356 e. The molecule has 0 bridgehead atoms. The van der Waals surface area contributed by atoms with Crippen molar-refractivity contribution in [1.29, 1.82) is 0 Å². The van der Waals surface area contributed by atoms with E-state index in [9.17, 15) is 0 Å². The maximum atomic E-state index is 2.72. The molecule has 1 rings (SSSR count). The van der Waals surface area contributed by atoms with Gasteiger partial charge in [-0.05, 0) is 25.7 Å². The molecule has 0 aromatic carbocycles. The molecule has 0 spiro atoms. The lowest BCUT2D eigenvalue weighted by atomic mass is 10.0. The first kappa shape index (κ1) is 44.4. The molecule has 1 aliphatic rings. The van der Waals surface area contributed by atoms with Gasteiger partial charge in [0.1, 0.15) is 6.17 Å². The van der Waals surface area contributed by atoms with Gasteiger partial charge in [-0.1, -0.05) is 233 Å². The summed E-state index contributed by atoms with van der Waals surface area (Å²) in [6.45, 7) is 9.49. The van der Waals surface area contributed by atoms with Crippen LogP contribution in [-0.4, -0.2) is 29.1 Å². The third-order valence-corrected chi connectivity index (χ3v) is 11.1. The van der Waals surface area contributed by atoms with Crippen LogP contribution in [0.5, 0.6) is 0 Å². The van der Waals surface area contributed by atoms with Gasteiger partial charge in [-0.15, -0.1) is 0 Å². The predicted molar refractivity (Wildman–Crippen MR) is 214 cm³/mol. The van der Waals surface area contributed by atoms with Crippen molar-refractivity contribution < 1.29 is 0 Å². The van der Waals surface area contributed by atoms with Crippen molar-refractivity contribution >= 4 is 0 Å². The van der Waals surface area contributed by atoms with Crippen LogP contribution in [0.4, 0.5) is 0 Å². The Labute approximate surface area is 299 Å². The van der Waals surface area contributed by atoms with E-state index in [1.165, 1.54) is 251 Å². The first-order chi connectivity index (χ1) is 23.3. The average Bonchev–Trinajstić information content (AvgIpc) is 3.47. The lowest BCUT2D eigenvalue weighted by Crippen LogP contribution is -2.39. The van der Waals surface area contributed by atoms with Crippen LogP contribution in [0.15, 0.2) is 12.4 Å². The normalized spacial score (nSPS) is 14.7. The molecule has 1 aliphatic heterocycles. The summed E-state index contributed by atoms with van der Waals surface area (Å²) < 4.78 is 0. The van der Waals surface area contributed by atoms with Crippen molar-refractivity contribution in [1.82, 2.24) is 9.80 Å². The van der Waals surface area contributed by atoms with Crippen LogP contribution in [-0.2, 0) is 0 Å². The van der Waals surface area contributed by atoms with E-state index in [2.05, 4.69) is 43.0 Å². The van der Waals surface area contributed by atoms with E-state index < -0.39 is 0 Å². The Balaban J connectivity index is 2.11. The molecule has 2 nitrogen and oxygen atoms in total. The third kappa shape index (κ3) is 28.8. The lowest BCUT2D eigenvalue weighted by Gasteiger charge is -2.33. The second-order valence-corrected chi connectivity index (χ2v) is 15.7. The van der Waals surface area contributed by atoms with Gasteiger partial charge >= 0.3 is 0 Å². The summed E-state index contributed by atoms with van der Waals surface area (Å²) in [7, 11) is 0. The van der Waals surface area contributed by atoms with Crippen LogP contribution in [0.25, 0.3) is 0 Å². The summed E-state index contributed by atoms with van der Waals surface area (Å²) in [5, 5.41) is 0. The molecular weight excluding hydrogens is 569 g/mol. The van der Waals surface area contributed by atoms with E-state index in [-0.39, 0.29) is 0 Å². The first-order valence-corrected chi connectivity index (χ1v) is 22.5. The van der Waals surface area contributed by atoms with Crippen LogP contribution in [0.3, 0.4) is 0 Å². The molecule has 0 aromatic rings. The van der Waals surface area contributed by atoms with Gasteiger partial charge in [-0.2, -0.15) is 0 Å². The summed E-state index contributed by atoms with van der Waals surface area (Å²) in [6.07, 6.45) is 58.9. The summed E-state index contributed by atoms with van der Waals surface area (Å²) in [4.78, 5) is 5.44. The molecule has 280 valence electrons. The van der Waals surface area contributed by atoms with Gasteiger partial charge in [0.25, 0.3) is 0 Å². The topological polar surface area (TPSA) is 6.48 Å². The van der Waals surface area contributed by atoms with E-state index in [1.807, 2.05) is 0 Å². The Kier molecular flexibility index (Phi) is 34.6. The predicted octanol–water partition coefficient (Wildman–Crippen LogP) is 15.9. The molecule has 0 saturated heterocycles. The van der Waals surface area contributed by atoms with Crippen molar-refractivity contribution in [2.24, 2.45) is 0 Å². The Morgan fingerprint density at radius 3 is 0.745 bits per heavy atom. The molecule has 0 amide bonds. The molecular formula is C45H90N2. The van der Waals surface area contributed by atoms with E-state index in [0.717, 1.165) is 0 Å². The highest BCUT2D eigenvalue weighted by Crippen LogP contribution is 2.24. The van der Waals surface area contributed by atoms with Crippen LogP contribution >= 0.6 is 0 Å². The number of nitrogens with zero attached hydrogens (tertiary/aromatic N) is 2. The molecule has 0 saturated carbocycles. The van der Waals surface area contributed by atoms with Crippen molar-refractivity contribution in [2.75, 3.05) is 13.1 Å². The maximum Gasteiger partial charge on any atom is 0.101 e. The summed E-state index contributed by atoms with van der Waals surface area (Å²) in [6, 6.07) is 0. The molecule has 0 fully saturated rings. The molecule has 0 N–H and O–H groups in total. The van der Waals surface area contributed by atoms with Crippen molar-refractivity contribution in [3.05, 3.63) is 12.4 Å². The fourth-order valence-electron chi connectivity index (χ4n) is 7.78. The van der Waals surface area contributed by atoms with E-state index >= 15 is 0 Å². The molecule has 0 aliphatic carbocycles. The van der Waals surface area contributed by atoms with Gasteiger partial charge in [0.2, 0.25) is 0 Å². The van der Waals surface area contributed by atoms with Gasteiger partial charge in [0, 0.05) is 25.5 Å². The Morgan fingerprint density at radius 2 is 0.489 bits per heavy atom. The molecule has 1 heterocycles. The van der Waals surface area contributed by atoms with Crippen LogP contribution in [0, 0.1) is 0 Å². The van der Waals surface area contributed by atoms with Crippen LogP contribution < -0.4 is 0 Å². The third-order valence-electron chi connectivity index (χ3n) is 11.1. The molecule has 2 heteroatoms. The summed E-state index contributed by atoms with van der Waals surface area (Å²) in [5.41, 5.74) is 0. The standard InChI is InChI=1S/C45H90N2/c1-4-7-10-13-16-18-20-22-24-25-27-29-31-33-36-39-42-47-44-43-46(45(47)40-37-34-15-12-9-6-3)41-38-35-32-30-28-26-23-21-19-17-14-11-8-5-2/h43-45H,4-42H2,1-3H3. The molecule has 0 radical (unpaired) electrons. The highest BCUT2D eigenvalue weighted by Gasteiger charge is 2.24. The first-order valence-electron chi connectivity index (χ1n) is 22.5. The second kappa shape index (κ2) is 36.6. The number of unbranched alkanes of at least 4 members (excludes halogenated alkanes) is 33. The highest BCUT2D eigenvalue weighted by molar-refractivity contribution is 4.97. The highest BCUT2D eigenvalue weighted by atomic mass is 15.4. The van der Waals surface area contributed by atoms with Gasteiger partial charge in [0.15, 0.2) is 0 Å². The summed E-state index contributed by atoms with van der Waals surface area (Å²) in [5.74, 6) is 0. The minimum absolute atomic E-state index is 0.638. The molecule has 1 unspecified atom stereocenters. The minimum atomic E-state index is 0.638. The number of hydrogen-bond acceptors (Lipinski definition) is 2. The van der Waals surface area contributed by atoms with Gasteiger partial charge in [-0.25, -0.2) is 0 Å². The fraction of sp³-hybridized carbons (Fsp3) is 0.956. The zero-order valence-electron chi connectivity index (χ0n) is 33.2. The van der Waals surface area contributed by atoms with Crippen molar-refractivity contribution in [3.8, 4) is 0 Å².